The van der Waals surface area contributed by atoms with Gasteiger partial charge in [-0.2, -0.15) is 0 Å². The van der Waals surface area contributed by atoms with Crippen molar-refractivity contribution in [1.29, 1.82) is 5.41 Å². The molecule has 0 bridgehead atoms. The molecular weight excluding hydrogens is 793 g/mol. The average molecular weight is 879 g/mol. The van der Waals surface area contributed by atoms with Gasteiger partial charge < -0.3 is 91.3 Å². The van der Waals surface area contributed by atoms with E-state index >= 15 is 0 Å². The molecule has 0 aliphatic heterocycles. The van der Waals surface area contributed by atoms with Crippen LogP contribution >= 0.6 is 0 Å². The third kappa shape index (κ3) is 26.4. The molecule has 0 amide bonds. The van der Waals surface area contributed by atoms with E-state index in [0.29, 0.717) is 97.3 Å². The number of guanidine groups is 8. The summed E-state index contributed by atoms with van der Waals surface area (Å²) in [5.74, 6) is 0.0412. The molecule has 0 heterocycles. The molecule has 0 aliphatic rings. The summed E-state index contributed by atoms with van der Waals surface area (Å²) in [7, 11) is 0. The van der Waals surface area contributed by atoms with Crippen molar-refractivity contribution in [3.05, 3.63) is 0 Å². The fourth-order valence-electron chi connectivity index (χ4n) is 9.25. The minimum Gasteiger partial charge on any atom is -0.370 e. The van der Waals surface area contributed by atoms with Crippen LogP contribution in [-0.2, 0) is 0 Å². The van der Waals surface area contributed by atoms with Crippen molar-refractivity contribution in [2.24, 2.45) is 168 Å². The second-order valence-corrected chi connectivity index (χ2v) is 15.8. The number of hydrogen-bond donors (Lipinski definition) is 17. The SMILES string of the molecule is CCCC(CCN=C(N)N)C(CCNC(=N)N)C(CCN=C(N)N)C(CCN=C(N)N)C(CCN=C(N)N)C(CCN=C(N)N)C(CCN=C(N)N)C(CC)CCCN=C(N)N. The number of rotatable bonds is 35. The van der Waals surface area contributed by atoms with Crippen molar-refractivity contribution >= 4 is 47.7 Å². The van der Waals surface area contributed by atoms with Crippen LogP contribution in [0.5, 0.6) is 0 Å². The Morgan fingerprint density at radius 3 is 1.00 bits per heavy atom. The predicted octanol–water partition coefficient (Wildman–Crippen LogP) is -2.97. The van der Waals surface area contributed by atoms with Crippen molar-refractivity contribution in [2.45, 2.75) is 90.9 Å². The van der Waals surface area contributed by atoms with Crippen molar-refractivity contribution in [2.75, 3.05) is 52.4 Å². The van der Waals surface area contributed by atoms with Gasteiger partial charge >= 0.3 is 0 Å². The van der Waals surface area contributed by atoms with Gasteiger partial charge in [0.1, 0.15) is 0 Å². The number of nitrogens with zero attached hydrogens (tertiary/aromatic N) is 7. The Bertz CT molecular complexity index is 1430. The van der Waals surface area contributed by atoms with E-state index in [9.17, 15) is 0 Å². The molecule has 0 aromatic rings. The van der Waals surface area contributed by atoms with Crippen LogP contribution in [0, 0.1) is 52.8 Å². The summed E-state index contributed by atoms with van der Waals surface area (Å²) in [6.45, 7) is 7.48. The highest BCUT2D eigenvalue weighted by atomic mass is 15.0. The third-order valence-corrected chi connectivity index (χ3v) is 11.5. The first-order valence-electron chi connectivity index (χ1n) is 21.8. The van der Waals surface area contributed by atoms with Gasteiger partial charge in [0.15, 0.2) is 47.7 Å². The maximum absolute atomic E-state index is 8.00. The van der Waals surface area contributed by atoms with Gasteiger partial charge in [0, 0.05) is 52.4 Å². The molecule has 0 aliphatic carbocycles. The van der Waals surface area contributed by atoms with Gasteiger partial charge in [0.05, 0.1) is 0 Å². The summed E-state index contributed by atoms with van der Waals surface area (Å²) in [6, 6.07) is 0. The molecule has 0 aromatic carbocycles. The molecule has 0 saturated carbocycles. The molecule has 0 radical (unpaired) electrons. The zero-order chi connectivity index (χ0) is 47.0. The van der Waals surface area contributed by atoms with Crippen LogP contribution in [0.15, 0.2) is 34.9 Å². The lowest BCUT2D eigenvalue weighted by Crippen LogP contribution is -2.43. The van der Waals surface area contributed by atoms with Crippen LogP contribution in [0.1, 0.15) is 90.9 Å². The zero-order valence-electron chi connectivity index (χ0n) is 37.6. The van der Waals surface area contributed by atoms with E-state index in [1.165, 1.54) is 0 Å². The first-order chi connectivity index (χ1) is 29.3. The van der Waals surface area contributed by atoms with Gasteiger partial charge in [-0.05, 0) is 105 Å². The second kappa shape index (κ2) is 32.9. The molecule has 62 heavy (non-hydrogen) atoms. The minimum atomic E-state index is -0.123. The van der Waals surface area contributed by atoms with E-state index in [0.717, 1.165) is 32.1 Å². The summed E-state index contributed by atoms with van der Waals surface area (Å²) < 4.78 is 0. The Balaban J connectivity index is 8.48. The van der Waals surface area contributed by atoms with E-state index in [2.05, 4.69) is 54.1 Å². The van der Waals surface area contributed by atoms with E-state index in [1.54, 1.807) is 0 Å². The molecule has 0 aromatic heterocycles. The minimum absolute atomic E-state index is 0.00512. The van der Waals surface area contributed by atoms with E-state index in [1.807, 2.05) is 0 Å². The van der Waals surface area contributed by atoms with Crippen molar-refractivity contribution in [3.8, 4) is 0 Å². The number of hydrogen-bond acceptors (Lipinski definition) is 8. The van der Waals surface area contributed by atoms with E-state index < -0.39 is 0 Å². The van der Waals surface area contributed by atoms with Gasteiger partial charge in [0.25, 0.3) is 0 Å². The molecule has 0 fully saturated rings. The molecule has 24 heteroatoms. The fraction of sp³-hybridized carbons (Fsp3) is 0.789. The summed E-state index contributed by atoms with van der Waals surface area (Å²) >= 11 is 0. The zero-order valence-corrected chi connectivity index (χ0v) is 37.6. The highest BCUT2D eigenvalue weighted by Crippen LogP contribution is 2.48. The number of nitrogens with one attached hydrogen (secondary N) is 2. The third-order valence-electron chi connectivity index (χ3n) is 11.5. The lowest BCUT2D eigenvalue weighted by atomic mass is 9.59. The van der Waals surface area contributed by atoms with E-state index in [-0.39, 0.29) is 95.0 Å². The molecule has 0 spiro atoms. The quantitative estimate of drug-likeness (QED) is 0.0172. The monoisotopic (exact) mass is 879 g/mol. The fourth-order valence-corrected chi connectivity index (χ4v) is 9.25. The molecule has 358 valence electrons. The Labute approximate surface area is 369 Å². The maximum Gasteiger partial charge on any atom is 0.185 e. The highest BCUT2D eigenvalue weighted by molar-refractivity contribution is 5.77. The van der Waals surface area contributed by atoms with Crippen LogP contribution < -0.4 is 91.3 Å². The number of nitrogens with two attached hydrogens (primary N) is 15. The Morgan fingerprint density at radius 1 is 0.371 bits per heavy atom. The van der Waals surface area contributed by atoms with Gasteiger partial charge in [-0.15, -0.1) is 0 Å². The summed E-state index contributed by atoms with van der Waals surface area (Å²) in [4.78, 5) is 31.1. The van der Waals surface area contributed by atoms with Crippen LogP contribution in [-0.4, -0.2) is 100 Å². The average Bonchev–Trinajstić information content (AvgIpc) is 3.16. The normalized spacial score (nSPS) is 14.8. The van der Waals surface area contributed by atoms with Gasteiger partial charge in [0.2, 0.25) is 0 Å². The van der Waals surface area contributed by atoms with Crippen LogP contribution in [0.4, 0.5) is 0 Å². The van der Waals surface area contributed by atoms with Crippen LogP contribution in [0.2, 0.25) is 0 Å². The molecular formula is C38H86N24. The smallest absolute Gasteiger partial charge is 0.185 e. The largest absolute Gasteiger partial charge is 0.370 e. The Kier molecular flexibility index (Phi) is 29.8. The highest BCUT2D eigenvalue weighted by Gasteiger charge is 2.43. The standard InChI is InChI=1S/C38H86N24/c1-3-6-24(8-16-56-32(41)42)26(10-18-58-34(45)46)28(12-20-60-36(49)50)30(14-22-62-38(53)54)29(13-21-61-37(51)52)27(11-19-59-35(47)48)25(9-17-57-33(43)44)23(4-2)7-5-15-55-31(39)40/h23-30H,3-22H2,1-2H3,(H4,39,40,55)(H4,41,42,56)(H4,43,44,57)(H4,45,46,58)(H4,47,48,59)(H4,49,50,60)(H4,51,52,61)(H4,53,54,62). The molecule has 24 nitrogen and oxygen atoms in total. The van der Waals surface area contributed by atoms with E-state index in [4.69, 9.17) is 91.4 Å². The molecule has 8 unspecified atom stereocenters. The lowest BCUT2D eigenvalue weighted by molar-refractivity contribution is 0.0273. The van der Waals surface area contributed by atoms with Crippen LogP contribution in [0.25, 0.3) is 0 Å². The molecule has 0 saturated heterocycles. The Morgan fingerprint density at radius 2 is 0.677 bits per heavy atom. The molecule has 0 rings (SSSR count). The van der Waals surface area contributed by atoms with Crippen molar-refractivity contribution < 1.29 is 0 Å². The predicted molar refractivity (Wildman–Crippen MR) is 259 cm³/mol. The molecule has 32 N–H and O–H groups in total. The van der Waals surface area contributed by atoms with Crippen LogP contribution in [0.3, 0.4) is 0 Å². The first kappa shape index (κ1) is 56.2. The first-order valence-corrected chi connectivity index (χ1v) is 21.8. The topological polar surface area (TPSA) is 513 Å². The second-order valence-electron chi connectivity index (χ2n) is 15.8. The lowest BCUT2D eigenvalue weighted by Gasteiger charge is -2.47. The van der Waals surface area contributed by atoms with Gasteiger partial charge in [-0.1, -0.05) is 33.1 Å². The molecule has 8 atom stereocenters. The maximum atomic E-state index is 8.00. The van der Waals surface area contributed by atoms with Gasteiger partial charge in [-0.25, -0.2) is 0 Å². The van der Waals surface area contributed by atoms with Crippen molar-refractivity contribution in [3.63, 3.8) is 0 Å². The van der Waals surface area contributed by atoms with Crippen molar-refractivity contribution in [1.82, 2.24) is 5.32 Å². The Hall–Kier alpha value is -5.84. The summed E-state index contributed by atoms with van der Waals surface area (Å²) in [6.07, 6.45) is 8.63. The number of aliphatic imine (C=N–C) groups is 7. The summed E-state index contributed by atoms with van der Waals surface area (Å²) in [5.41, 5.74) is 88.2. The summed E-state index contributed by atoms with van der Waals surface area (Å²) in [5, 5.41) is 11.0. The van der Waals surface area contributed by atoms with Gasteiger partial charge in [-0.3, -0.25) is 40.4 Å².